The SMILES string of the molecule is CC1(C(=O)O)CCN(Cc2ccoc2)CC1. The average Bonchev–Trinajstić information content (AvgIpc) is 2.74. The minimum atomic E-state index is -0.671. The Hall–Kier alpha value is -1.29. The van der Waals surface area contributed by atoms with Crippen LogP contribution in [0.2, 0.25) is 0 Å². The fourth-order valence-corrected chi connectivity index (χ4v) is 2.06. The van der Waals surface area contributed by atoms with Crippen LogP contribution in [0.3, 0.4) is 0 Å². The highest BCUT2D eigenvalue weighted by atomic mass is 16.4. The molecule has 1 fully saturated rings. The number of carboxylic acid groups (broad SMARTS) is 1. The van der Waals surface area contributed by atoms with E-state index in [1.54, 1.807) is 12.5 Å². The highest BCUT2D eigenvalue weighted by molar-refractivity contribution is 5.74. The summed E-state index contributed by atoms with van der Waals surface area (Å²) in [4.78, 5) is 13.3. The maximum absolute atomic E-state index is 11.1. The molecular weight excluding hydrogens is 206 g/mol. The van der Waals surface area contributed by atoms with Crippen LogP contribution in [0.4, 0.5) is 0 Å². The number of hydrogen-bond acceptors (Lipinski definition) is 3. The minimum absolute atomic E-state index is 0.535. The maximum atomic E-state index is 11.1. The third-order valence-corrected chi connectivity index (χ3v) is 3.46. The van der Waals surface area contributed by atoms with Crippen LogP contribution in [0.15, 0.2) is 23.0 Å². The van der Waals surface area contributed by atoms with E-state index in [4.69, 9.17) is 9.52 Å². The van der Waals surface area contributed by atoms with Crippen LogP contribution in [0.5, 0.6) is 0 Å². The molecule has 1 saturated heterocycles. The van der Waals surface area contributed by atoms with E-state index in [2.05, 4.69) is 4.90 Å². The number of nitrogens with zero attached hydrogens (tertiary/aromatic N) is 1. The number of rotatable bonds is 3. The third kappa shape index (κ3) is 2.27. The van der Waals surface area contributed by atoms with Gasteiger partial charge < -0.3 is 9.52 Å². The van der Waals surface area contributed by atoms with Crippen LogP contribution >= 0.6 is 0 Å². The van der Waals surface area contributed by atoms with Gasteiger partial charge in [0.15, 0.2) is 0 Å². The van der Waals surface area contributed by atoms with Crippen LogP contribution in [0, 0.1) is 5.41 Å². The fraction of sp³-hybridized carbons (Fsp3) is 0.583. The Morgan fingerprint density at radius 1 is 1.56 bits per heavy atom. The molecule has 0 radical (unpaired) electrons. The Morgan fingerprint density at radius 2 is 2.25 bits per heavy atom. The van der Waals surface area contributed by atoms with Crippen molar-refractivity contribution in [1.29, 1.82) is 0 Å². The number of hydrogen-bond donors (Lipinski definition) is 1. The van der Waals surface area contributed by atoms with Gasteiger partial charge in [0.2, 0.25) is 0 Å². The molecular formula is C12H17NO3. The van der Waals surface area contributed by atoms with Gasteiger partial charge >= 0.3 is 5.97 Å². The van der Waals surface area contributed by atoms with Crippen molar-refractivity contribution in [3.05, 3.63) is 24.2 Å². The standard InChI is InChI=1S/C12H17NO3/c1-12(11(14)15)3-5-13(6-4-12)8-10-2-7-16-9-10/h2,7,9H,3-6,8H2,1H3,(H,14,15). The zero-order chi connectivity index (χ0) is 11.6. The van der Waals surface area contributed by atoms with Crippen LogP contribution in [-0.4, -0.2) is 29.1 Å². The van der Waals surface area contributed by atoms with Crippen molar-refractivity contribution in [2.45, 2.75) is 26.3 Å². The Kier molecular flexibility index (Phi) is 3.01. The quantitative estimate of drug-likeness (QED) is 0.851. The van der Waals surface area contributed by atoms with Gasteiger partial charge in [-0.05, 0) is 38.9 Å². The molecule has 0 bridgehead atoms. The van der Waals surface area contributed by atoms with E-state index >= 15 is 0 Å². The summed E-state index contributed by atoms with van der Waals surface area (Å²) in [5, 5.41) is 9.11. The normalized spacial score (nSPS) is 20.8. The summed E-state index contributed by atoms with van der Waals surface area (Å²) < 4.78 is 5.01. The average molecular weight is 223 g/mol. The summed E-state index contributed by atoms with van der Waals surface area (Å²) in [6, 6.07) is 1.95. The number of likely N-dealkylation sites (tertiary alicyclic amines) is 1. The molecule has 88 valence electrons. The van der Waals surface area contributed by atoms with Gasteiger partial charge in [-0.25, -0.2) is 0 Å². The topological polar surface area (TPSA) is 53.7 Å². The second-order valence-corrected chi connectivity index (χ2v) is 4.77. The van der Waals surface area contributed by atoms with E-state index in [9.17, 15) is 4.79 Å². The maximum Gasteiger partial charge on any atom is 0.309 e. The Balaban J connectivity index is 1.88. The van der Waals surface area contributed by atoms with Crippen LogP contribution in [0.1, 0.15) is 25.3 Å². The number of furan rings is 1. The smallest absolute Gasteiger partial charge is 0.309 e. The first-order chi connectivity index (χ1) is 7.60. The molecule has 16 heavy (non-hydrogen) atoms. The van der Waals surface area contributed by atoms with Gasteiger partial charge in [-0.1, -0.05) is 0 Å². The van der Waals surface area contributed by atoms with E-state index < -0.39 is 11.4 Å². The highest BCUT2D eigenvalue weighted by Gasteiger charge is 2.36. The summed E-state index contributed by atoms with van der Waals surface area (Å²) >= 11 is 0. The van der Waals surface area contributed by atoms with Gasteiger partial charge in [0, 0.05) is 12.1 Å². The van der Waals surface area contributed by atoms with Gasteiger partial charge in [0.05, 0.1) is 17.9 Å². The molecule has 0 atom stereocenters. The third-order valence-electron chi connectivity index (χ3n) is 3.46. The Bertz CT molecular complexity index is 350. The molecule has 0 saturated carbocycles. The first kappa shape index (κ1) is 11.2. The first-order valence-electron chi connectivity index (χ1n) is 5.57. The Labute approximate surface area is 94.9 Å². The highest BCUT2D eigenvalue weighted by Crippen LogP contribution is 2.31. The fourth-order valence-electron chi connectivity index (χ4n) is 2.06. The lowest BCUT2D eigenvalue weighted by molar-refractivity contribution is -0.150. The van der Waals surface area contributed by atoms with Crippen molar-refractivity contribution in [3.63, 3.8) is 0 Å². The molecule has 1 N–H and O–H groups in total. The van der Waals surface area contributed by atoms with Gasteiger partial charge in [0.1, 0.15) is 0 Å². The van der Waals surface area contributed by atoms with E-state index in [1.807, 2.05) is 13.0 Å². The number of aliphatic carboxylic acids is 1. The van der Waals surface area contributed by atoms with E-state index in [0.717, 1.165) is 38.0 Å². The molecule has 1 aromatic rings. The predicted molar refractivity (Wildman–Crippen MR) is 59.0 cm³/mol. The molecule has 1 aliphatic rings. The molecule has 4 heteroatoms. The number of piperidine rings is 1. The molecule has 1 aliphatic heterocycles. The molecule has 0 unspecified atom stereocenters. The van der Waals surface area contributed by atoms with Gasteiger partial charge in [-0.2, -0.15) is 0 Å². The van der Waals surface area contributed by atoms with Crippen LogP contribution < -0.4 is 0 Å². The summed E-state index contributed by atoms with van der Waals surface area (Å²) in [6.07, 6.45) is 4.85. The van der Waals surface area contributed by atoms with Crippen molar-refractivity contribution in [1.82, 2.24) is 4.90 Å². The van der Waals surface area contributed by atoms with E-state index in [0.29, 0.717) is 0 Å². The number of carboxylic acids is 1. The second kappa shape index (κ2) is 4.29. The number of carbonyl (C=O) groups is 1. The first-order valence-corrected chi connectivity index (χ1v) is 5.57. The summed E-state index contributed by atoms with van der Waals surface area (Å²) in [6.45, 7) is 4.37. The summed E-state index contributed by atoms with van der Waals surface area (Å²) in [7, 11) is 0. The van der Waals surface area contributed by atoms with Gasteiger partial charge in [-0.3, -0.25) is 9.69 Å². The van der Waals surface area contributed by atoms with Crippen molar-refractivity contribution in [2.75, 3.05) is 13.1 Å². The largest absolute Gasteiger partial charge is 0.481 e. The minimum Gasteiger partial charge on any atom is -0.481 e. The van der Waals surface area contributed by atoms with Gasteiger partial charge in [0.25, 0.3) is 0 Å². The monoisotopic (exact) mass is 223 g/mol. The van der Waals surface area contributed by atoms with Crippen LogP contribution in [-0.2, 0) is 11.3 Å². The van der Waals surface area contributed by atoms with Crippen molar-refractivity contribution in [3.8, 4) is 0 Å². The van der Waals surface area contributed by atoms with E-state index in [1.165, 1.54) is 0 Å². The Morgan fingerprint density at radius 3 is 2.75 bits per heavy atom. The molecule has 0 amide bonds. The lowest BCUT2D eigenvalue weighted by Crippen LogP contribution is -2.42. The van der Waals surface area contributed by atoms with Crippen LogP contribution in [0.25, 0.3) is 0 Å². The summed E-state index contributed by atoms with van der Waals surface area (Å²) in [5.74, 6) is -0.671. The summed E-state index contributed by atoms with van der Waals surface area (Å²) in [5.41, 5.74) is 0.617. The molecule has 0 spiro atoms. The van der Waals surface area contributed by atoms with Gasteiger partial charge in [-0.15, -0.1) is 0 Å². The molecule has 2 heterocycles. The molecule has 1 aromatic heterocycles. The zero-order valence-corrected chi connectivity index (χ0v) is 9.48. The van der Waals surface area contributed by atoms with Crippen molar-refractivity contribution >= 4 is 5.97 Å². The molecule has 0 aromatic carbocycles. The van der Waals surface area contributed by atoms with Crippen molar-refractivity contribution in [2.24, 2.45) is 5.41 Å². The molecule has 0 aliphatic carbocycles. The predicted octanol–water partition coefficient (Wildman–Crippen LogP) is 1.97. The van der Waals surface area contributed by atoms with Crippen molar-refractivity contribution < 1.29 is 14.3 Å². The second-order valence-electron chi connectivity index (χ2n) is 4.77. The zero-order valence-electron chi connectivity index (χ0n) is 9.48. The lowest BCUT2D eigenvalue weighted by Gasteiger charge is -2.36. The lowest BCUT2D eigenvalue weighted by atomic mass is 9.80. The molecule has 2 rings (SSSR count). The molecule has 4 nitrogen and oxygen atoms in total. The van der Waals surface area contributed by atoms with E-state index in [-0.39, 0.29) is 0 Å².